The van der Waals surface area contributed by atoms with E-state index in [4.69, 9.17) is 4.52 Å². The summed E-state index contributed by atoms with van der Waals surface area (Å²) in [5, 5.41) is 3.97. The second-order valence-electron chi connectivity index (χ2n) is 6.22. The van der Waals surface area contributed by atoms with E-state index in [-0.39, 0.29) is 4.90 Å². The number of rotatable bonds is 3. The Kier molecular flexibility index (Phi) is 3.69. The number of hydrogen-bond donors (Lipinski definition) is 0. The Morgan fingerprint density at radius 2 is 1.81 bits per heavy atom. The smallest absolute Gasteiger partial charge is 0.268 e. The molecule has 1 aromatic carbocycles. The molecule has 0 radical (unpaired) electrons. The Bertz CT molecular complexity index is 1200. The van der Waals surface area contributed by atoms with Crippen molar-refractivity contribution < 1.29 is 12.9 Å². The highest BCUT2D eigenvalue weighted by molar-refractivity contribution is 7.90. The van der Waals surface area contributed by atoms with Crippen LogP contribution in [0.3, 0.4) is 0 Å². The first-order valence-corrected chi connectivity index (χ1v) is 9.55. The maximum atomic E-state index is 13.1. The third-order valence-corrected chi connectivity index (χ3v) is 6.10. The zero-order valence-corrected chi connectivity index (χ0v) is 15.4. The van der Waals surface area contributed by atoms with Gasteiger partial charge in [0.15, 0.2) is 0 Å². The summed E-state index contributed by atoms with van der Waals surface area (Å²) in [4.78, 5) is 4.73. The van der Waals surface area contributed by atoms with Crippen LogP contribution in [0.25, 0.3) is 22.2 Å². The molecule has 0 saturated carbocycles. The lowest BCUT2D eigenvalue weighted by Gasteiger charge is -2.08. The lowest BCUT2D eigenvalue weighted by molar-refractivity contribution is 0.393. The Balaban J connectivity index is 1.99. The molecule has 7 heteroatoms. The molecule has 0 N–H and O–H groups in total. The highest BCUT2D eigenvalue weighted by Gasteiger charge is 2.22. The number of nitrogens with zero attached hydrogens (tertiary/aromatic N) is 3. The number of pyridine rings is 1. The quantitative estimate of drug-likeness (QED) is 0.549. The second kappa shape index (κ2) is 5.81. The van der Waals surface area contributed by atoms with Gasteiger partial charge in [0, 0.05) is 23.5 Å². The van der Waals surface area contributed by atoms with Gasteiger partial charge in [-0.15, -0.1) is 0 Å². The van der Waals surface area contributed by atoms with Crippen molar-refractivity contribution >= 4 is 21.1 Å². The highest BCUT2D eigenvalue weighted by Crippen LogP contribution is 2.31. The molecule has 3 aromatic heterocycles. The van der Waals surface area contributed by atoms with Crippen molar-refractivity contribution in [2.45, 2.75) is 25.7 Å². The number of benzene rings is 1. The Hall–Kier alpha value is -2.93. The molecular weight excluding hydrogens is 350 g/mol. The monoisotopic (exact) mass is 367 g/mol. The Labute approximate surface area is 151 Å². The van der Waals surface area contributed by atoms with Gasteiger partial charge in [0.25, 0.3) is 10.0 Å². The van der Waals surface area contributed by atoms with E-state index in [1.807, 2.05) is 26.8 Å². The fourth-order valence-corrected chi connectivity index (χ4v) is 4.59. The van der Waals surface area contributed by atoms with Crippen LogP contribution in [0.2, 0.25) is 0 Å². The molecule has 4 rings (SSSR count). The molecule has 26 heavy (non-hydrogen) atoms. The largest absolute Gasteiger partial charge is 0.361 e. The molecule has 0 amide bonds. The van der Waals surface area contributed by atoms with Gasteiger partial charge in [0.2, 0.25) is 0 Å². The molecule has 4 aromatic rings. The summed E-state index contributed by atoms with van der Waals surface area (Å²) in [6, 6.07) is 10.2. The molecule has 0 aliphatic rings. The number of fused-ring (bicyclic) bond motifs is 1. The van der Waals surface area contributed by atoms with Crippen molar-refractivity contribution in [3.8, 4) is 11.1 Å². The van der Waals surface area contributed by atoms with E-state index in [1.165, 1.54) is 3.97 Å². The van der Waals surface area contributed by atoms with Crippen LogP contribution in [-0.2, 0) is 10.0 Å². The Morgan fingerprint density at radius 1 is 1.08 bits per heavy atom. The topological polar surface area (TPSA) is 78.0 Å². The van der Waals surface area contributed by atoms with Crippen LogP contribution in [0.15, 0.2) is 58.2 Å². The highest BCUT2D eigenvalue weighted by atomic mass is 32.2. The summed E-state index contributed by atoms with van der Waals surface area (Å²) in [6.07, 6.45) is 3.33. The molecule has 0 bridgehead atoms. The molecule has 0 fully saturated rings. The van der Waals surface area contributed by atoms with E-state index in [2.05, 4.69) is 10.1 Å². The minimum absolute atomic E-state index is 0.236. The number of aromatic nitrogens is 3. The third-order valence-electron chi connectivity index (χ3n) is 4.41. The fourth-order valence-electron chi connectivity index (χ4n) is 3.17. The first-order valence-electron chi connectivity index (χ1n) is 8.11. The van der Waals surface area contributed by atoms with Crippen LogP contribution in [0.1, 0.15) is 17.0 Å². The number of hydrogen-bond acceptors (Lipinski definition) is 5. The summed E-state index contributed by atoms with van der Waals surface area (Å²) in [7, 11) is -3.71. The van der Waals surface area contributed by atoms with Gasteiger partial charge in [-0.2, -0.15) is 0 Å². The normalized spacial score (nSPS) is 12.0. The SMILES string of the molecule is Cc1noc(C)c1-c1cnc2c(C)cn(S(=O)(=O)c3ccccc3)c2c1. The minimum atomic E-state index is -3.71. The van der Waals surface area contributed by atoms with Crippen LogP contribution in [-0.4, -0.2) is 22.5 Å². The Morgan fingerprint density at radius 3 is 2.46 bits per heavy atom. The van der Waals surface area contributed by atoms with Gasteiger partial charge in [0.05, 0.1) is 21.6 Å². The van der Waals surface area contributed by atoms with Crippen molar-refractivity contribution in [3.63, 3.8) is 0 Å². The average molecular weight is 367 g/mol. The van der Waals surface area contributed by atoms with E-state index in [1.54, 1.807) is 42.7 Å². The van der Waals surface area contributed by atoms with Crippen molar-refractivity contribution in [1.82, 2.24) is 14.1 Å². The molecule has 0 aliphatic carbocycles. The predicted molar refractivity (Wildman–Crippen MR) is 98.5 cm³/mol. The van der Waals surface area contributed by atoms with E-state index >= 15 is 0 Å². The van der Waals surface area contributed by atoms with Crippen LogP contribution in [0.4, 0.5) is 0 Å². The molecule has 132 valence electrons. The van der Waals surface area contributed by atoms with Gasteiger partial charge in [-0.3, -0.25) is 4.98 Å². The maximum Gasteiger partial charge on any atom is 0.268 e. The van der Waals surface area contributed by atoms with Gasteiger partial charge in [0.1, 0.15) is 5.76 Å². The summed E-state index contributed by atoms with van der Waals surface area (Å²) in [5.41, 5.74) is 4.33. The van der Waals surface area contributed by atoms with Crippen LogP contribution >= 0.6 is 0 Å². The zero-order chi connectivity index (χ0) is 18.5. The molecular formula is C19H17N3O3S. The summed E-state index contributed by atoms with van der Waals surface area (Å²) >= 11 is 0. The molecule has 0 atom stereocenters. The lowest BCUT2D eigenvalue weighted by Crippen LogP contribution is -2.11. The van der Waals surface area contributed by atoms with Gasteiger partial charge < -0.3 is 4.52 Å². The van der Waals surface area contributed by atoms with Crippen molar-refractivity contribution in [2.75, 3.05) is 0 Å². The van der Waals surface area contributed by atoms with Crippen molar-refractivity contribution in [3.05, 3.63) is 65.8 Å². The summed E-state index contributed by atoms with van der Waals surface area (Å²) in [5.74, 6) is 0.671. The first-order chi connectivity index (χ1) is 12.4. The first kappa shape index (κ1) is 16.5. The predicted octanol–water partition coefficient (Wildman–Crippen LogP) is 3.85. The maximum absolute atomic E-state index is 13.1. The lowest BCUT2D eigenvalue weighted by atomic mass is 10.1. The van der Waals surface area contributed by atoms with Gasteiger partial charge in [-0.25, -0.2) is 12.4 Å². The van der Waals surface area contributed by atoms with Gasteiger partial charge >= 0.3 is 0 Å². The number of aryl methyl sites for hydroxylation is 3. The third kappa shape index (κ3) is 2.43. The molecule has 0 saturated heterocycles. The van der Waals surface area contributed by atoms with E-state index in [0.717, 1.165) is 22.4 Å². The summed E-state index contributed by atoms with van der Waals surface area (Å²) in [6.45, 7) is 5.52. The van der Waals surface area contributed by atoms with Crippen LogP contribution in [0.5, 0.6) is 0 Å². The fraction of sp³-hybridized carbons (Fsp3) is 0.158. The van der Waals surface area contributed by atoms with Gasteiger partial charge in [-0.05, 0) is 44.5 Å². The standard InChI is InChI=1S/C19H17N3O3S/c1-12-11-22(26(23,24)16-7-5-4-6-8-16)17-9-15(10-20-19(12)17)18-13(2)21-25-14(18)3/h4-11H,1-3H3. The second-order valence-corrected chi connectivity index (χ2v) is 8.03. The van der Waals surface area contributed by atoms with E-state index < -0.39 is 10.0 Å². The molecule has 0 unspecified atom stereocenters. The minimum Gasteiger partial charge on any atom is -0.361 e. The van der Waals surface area contributed by atoms with Crippen molar-refractivity contribution in [2.24, 2.45) is 0 Å². The molecule has 0 spiro atoms. The van der Waals surface area contributed by atoms with Crippen LogP contribution < -0.4 is 0 Å². The molecule has 6 nitrogen and oxygen atoms in total. The van der Waals surface area contributed by atoms with Gasteiger partial charge in [-0.1, -0.05) is 23.4 Å². The van der Waals surface area contributed by atoms with Crippen molar-refractivity contribution in [1.29, 1.82) is 0 Å². The van der Waals surface area contributed by atoms with Crippen LogP contribution in [0, 0.1) is 20.8 Å². The molecule has 3 heterocycles. The van der Waals surface area contributed by atoms with E-state index in [0.29, 0.717) is 16.8 Å². The van der Waals surface area contributed by atoms with E-state index in [9.17, 15) is 8.42 Å². The average Bonchev–Trinajstić information content (AvgIpc) is 3.15. The summed E-state index contributed by atoms with van der Waals surface area (Å²) < 4.78 is 32.7. The zero-order valence-electron chi connectivity index (χ0n) is 14.6. The molecule has 0 aliphatic heterocycles.